The number of ether oxygens (including phenoxy) is 3. The third-order valence-corrected chi connectivity index (χ3v) is 7.25. The van der Waals surface area contributed by atoms with Crippen LogP contribution in [0.25, 0.3) is 10.9 Å². The van der Waals surface area contributed by atoms with Crippen LogP contribution in [0.5, 0.6) is 5.75 Å². The first-order chi connectivity index (χ1) is 16.5. The first kappa shape index (κ1) is 27.9. The number of carbonyl (C=O) groups is 1. The standard InChI is InChI=1S/C25H38N2O6Si2/c1-16(25(5,6)23(32-34-7)33-35-8)13-27-22-17(12-26-27)9-10-20-19(22)11-18(14-30-20)29-15-21(28)31-24(2,3)4/h9-10,12,16,18,23H,11,13-15H2,1-8H3. The Balaban J connectivity index is 1.78. The number of hydrogen-bond donors (Lipinski definition) is 0. The average Bonchev–Trinajstić information content (AvgIpc) is 3.19. The van der Waals surface area contributed by atoms with Crippen LogP contribution in [0.15, 0.2) is 18.3 Å². The molecule has 2 aromatic rings. The fourth-order valence-electron chi connectivity index (χ4n) is 4.11. The highest BCUT2D eigenvalue weighted by Crippen LogP contribution is 2.37. The molecule has 1 aliphatic heterocycles. The number of nitrogens with zero attached hydrogens (tertiary/aromatic N) is 2. The van der Waals surface area contributed by atoms with Crippen LogP contribution < -0.4 is 4.74 Å². The zero-order chi connectivity index (χ0) is 25.8. The Labute approximate surface area is 213 Å². The fourth-order valence-corrected chi connectivity index (χ4v) is 5.34. The zero-order valence-electron chi connectivity index (χ0n) is 22.1. The van der Waals surface area contributed by atoms with E-state index in [9.17, 15) is 4.79 Å². The van der Waals surface area contributed by atoms with E-state index in [1.165, 1.54) is 0 Å². The van der Waals surface area contributed by atoms with Crippen molar-refractivity contribution in [1.29, 1.82) is 0 Å². The van der Waals surface area contributed by atoms with Gasteiger partial charge in [-0.25, -0.2) is 4.79 Å². The van der Waals surface area contributed by atoms with Gasteiger partial charge < -0.3 is 23.1 Å². The molecule has 1 aromatic heterocycles. The molecule has 0 amide bonds. The second-order valence-corrected chi connectivity index (χ2v) is 11.8. The molecule has 1 aliphatic rings. The monoisotopic (exact) mass is 518 g/mol. The number of rotatable bonds is 11. The molecule has 4 radical (unpaired) electrons. The van der Waals surface area contributed by atoms with E-state index in [-0.39, 0.29) is 36.3 Å². The van der Waals surface area contributed by atoms with Crippen molar-refractivity contribution < 1.29 is 27.9 Å². The summed E-state index contributed by atoms with van der Waals surface area (Å²) in [5.41, 5.74) is 1.35. The maximum absolute atomic E-state index is 12.1. The summed E-state index contributed by atoms with van der Waals surface area (Å²) in [4.78, 5) is 12.1. The quantitative estimate of drug-likeness (QED) is 0.252. The molecule has 0 saturated heterocycles. The highest BCUT2D eigenvalue weighted by Gasteiger charge is 2.37. The maximum Gasteiger partial charge on any atom is 0.332 e. The molecule has 2 heterocycles. The smallest absolute Gasteiger partial charge is 0.332 e. The number of aromatic nitrogens is 2. The first-order valence-corrected chi connectivity index (χ1v) is 14.9. The Hall–Kier alpha value is -1.73. The predicted molar refractivity (Wildman–Crippen MR) is 137 cm³/mol. The van der Waals surface area contributed by atoms with Gasteiger partial charge in [0.1, 0.15) is 30.9 Å². The van der Waals surface area contributed by atoms with Gasteiger partial charge in [0, 0.05) is 29.3 Å². The van der Waals surface area contributed by atoms with Crippen LogP contribution in [0.3, 0.4) is 0 Å². The molecule has 0 saturated carbocycles. The van der Waals surface area contributed by atoms with Crippen molar-refractivity contribution >= 4 is 36.4 Å². The van der Waals surface area contributed by atoms with Crippen molar-refractivity contribution in [2.45, 2.75) is 85.6 Å². The molecule has 2 unspecified atom stereocenters. The minimum atomic E-state index is -0.538. The second kappa shape index (κ2) is 11.6. The lowest BCUT2D eigenvalue weighted by molar-refractivity contribution is -0.163. The lowest BCUT2D eigenvalue weighted by atomic mass is 9.79. The highest BCUT2D eigenvalue weighted by molar-refractivity contribution is 6.26. The molecule has 1 aromatic carbocycles. The van der Waals surface area contributed by atoms with Gasteiger partial charge in [-0.05, 0) is 51.9 Å². The number of esters is 1. The van der Waals surface area contributed by atoms with Crippen molar-refractivity contribution in [3.8, 4) is 5.75 Å². The van der Waals surface area contributed by atoms with Crippen LogP contribution in [-0.4, -0.2) is 66.5 Å². The van der Waals surface area contributed by atoms with Crippen LogP contribution in [-0.2, 0) is 36.1 Å². The van der Waals surface area contributed by atoms with E-state index in [1.54, 1.807) is 0 Å². The summed E-state index contributed by atoms with van der Waals surface area (Å²) in [5.74, 6) is 0.692. The van der Waals surface area contributed by atoms with Crippen LogP contribution in [0.4, 0.5) is 0 Å². The molecule has 10 heteroatoms. The van der Waals surface area contributed by atoms with E-state index >= 15 is 0 Å². The highest BCUT2D eigenvalue weighted by atomic mass is 28.2. The minimum Gasteiger partial charge on any atom is -0.491 e. The summed E-state index contributed by atoms with van der Waals surface area (Å²) in [6, 6.07) is 4.03. The van der Waals surface area contributed by atoms with Crippen molar-refractivity contribution in [1.82, 2.24) is 9.78 Å². The topological polar surface area (TPSA) is 81.0 Å². The molecule has 0 fully saturated rings. The van der Waals surface area contributed by atoms with E-state index in [2.05, 4.69) is 25.5 Å². The van der Waals surface area contributed by atoms with Crippen molar-refractivity contribution in [2.75, 3.05) is 13.2 Å². The molecule has 0 N–H and O–H groups in total. The Morgan fingerprint density at radius 3 is 2.51 bits per heavy atom. The Morgan fingerprint density at radius 2 is 1.89 bits per heavy atom. The third kappa shape index (κ3) is 6.94. The number of fused-ring (bicyclic) bond motifs is 3. The molecule has 3 rings (SSSR count). The van der Waals surface area contributed by atoms with Crippen molar-refractivity contribution in [3.05, 3.63) is 23.9 Å². The van der Waals surface area contributed by atoms with Crippen LogP contribution in [0, 0.1) is 11.3 Å². The van der Waals surface area contributed by atoms with Crippen molar-refractivity contribution in [2.24, 2.45) is 11.3 Å². The summed E-state index contributed by atoms with van der Waals surface area (Å²) >= 11 is 0. The SMILES string of the molecule is C[Si]OC(O[Si]C)C(C)(C)C(C)Cn1ncc2ccc3c(c21)CC(OCC(=O)OC(C)(C)C)CO3. The predicted octanol–water partition coefficient (Wildman–Crippen LogP) is 4.05. The normalized spacial score (nSPS) is 17.3. The first-order valence-electron chi connectivity index (χ1n) is 12.0. The third-order valence-electron chi connectivity index (χ3n) is 6.35. The van der Waals surface area contributed by atoms with Crippen LogP contribution in [0.2, 0.25) is 13.1 Å². The van der Waals surface area contributed by atoms with Gasteiger partial charge in [-0.1, -0.05) is 20.8 Å². The number of benzene rings is 1. The molecule has 35 heavy (non-hydrogen) atoms. The van der Waals surface area contributed by atoms with E-state index in [1.807, 2.05) is 52.2 Å². The van der Waals surface area contributed by atoms with Gasteiger partial charge in [-0.15, -0.1) is 0 Å². The minimum absolute atomic E-state index is 0.0985. The molecule has 192 valence electrons. The van der Waals surface area contributed by atoms with Crippen LogP contribution in [0.1, 0.15) is 47.1 Å². The molecular weight excluding hydrogens is 480 g/mol. The van der Waals surface area contributed by atoms with Gasteiger partial charge in [0.25, 0.3) is 0 Å². The Bertz CT molecular complexity index is 998. The zero-order valence-corrected chi connectivity index (χ0v) is 24.1. The largest absolute Gasteiger partial charge is 0.491 e. The fraction of sp³-hybridized carbons (Fsp3) is 0.680. The number of carbonyl (C=O) groups excluding carboxylic acids is 1. The summed E-state index contributed by atoms with van der Waals surface area (Å²) in [7, 11) is 0.723. The average molecular weight is 519 g/mol. The molecule has 0 bridgehead atoms. The molecule has 0 aliphatic carbocycles. The van der Waals surface area contributed by atoms with E-state index in [0.717, 1.165) is 22.2 Å². The van der Waals surface area contributed by atoms with E-state index < -0.39 is 5.60 Å². The lowest BCUT2D eigenvalue weighted by Gasteiger charge is -2.39. The summed E-state index contributed by atoms with van der Waals surface area (Å²) in [5, 5.41) is 5.77. The summed E-state index contributed by atoms with van der Waals surface area (Å²) in [6.45, 7) is 17.2. The van der Waals surface area contributed by atoms with Gasteiger partial charge in [-0.3, -0.25) is 4.68 Å². The molecule has 8 nitrogen and oxygen atoms in total. The molecular formula is C25H38N2O6Si2. The van der Waals surface area contributed by atoms with Gasteiger partial charge in [0.15, 0.2) is 0 Å². The van der Waals surface area contributed by atoms with Crippen molar-refractivity contribution in [3.63, 3.8) is 0 Å². The van der Waals surface area contributed by atoms with Gasteiger partial charge in [0.05, 0.1) is 17.8 Å². The van der Waals surface area contributed by atoms with E-state index in [0.29, 0.717) is 39.1 Å². The second-order valence-electron chi connectivity index (χ2n) is 10.5. The van der Waals surface area contributed by atoms with Gasteiger partial charge in [0.2, 0.25) is 19.5 Å². The Kier molecular flexibility index (Phi) is 9.19. The molecule has 0 spiro atoms. The van der Waals surface area contributed by atoms with Gasteiger partial charge in [-0.2, -0.15) is 5.10 Å². The Morgan fingerprint density at radius 1 is 1.20 bits per heavy atom. The molecule has 2 atom stereocenters. The summed E-state index contributed by atoms with van der Waals surface area (Å²) < 4.78 is 31.2. The summed E-state index contributed by atoms with van der Waals surface area (Å²) in [6.07, 6.45) is 2.03. The lowest BCUT2D eigenvalue weighted by Crippen LogP contribution is -2.42. The van der Waals surface area contributed by atoms with Gasteiger partial charge >= 0.3 is 5.97 Å². The maximum atomic E-state index is 12.1. The number of hydrogen-bond acceptors (Lipinski definition) is 7. The van der Waals surface area contributed by atoms with Crippen LogP contribution >= 0.6 is 0 Å². The van der Waals surface area contributed by atoms with E-state index in [4.69, 9.17) is 28.2 Å².